The lowest BCUT2D eigenvalue weighted by molar-refractivity contribution is -0.135. The van der Waals surface area contributed by atoms with Gasteiger partial charge in [-0.2, -0.15) is 0 Å². The minimum atomic E-state index is 0.0864. The van der Waals surface area contributed by atoms with Crippen LogP contribution in [0, 0.1) is 5.92 Å². The van der Waals surface area contributed by atoms with E-state index in [2.05, 4.69) is 10.6 Å². The van der Waals surface area contributed by atoms with Crippen molar-refractivity contribution in [1.82, 2.24) is 15.5 Å². The number of carbonyl (C=O) groups excluding carboxylic acids is 2. The van der Waals surface area contributed by atoms with Crippen LogP contribution in [0.25, 0.3) is 0 Å². The third-order valence-electron chi connectivity index (χ3n) is 3.16. The lowest BCUT2D eigenvalue weighted by Crippen LogP contribution is -2.43. The summed E-state index contributed by atoms with van der Waals surface area (Å²) in [5, 5.41) is 5.81. The van der Waals surface area contributed by atoms with Gasteiger partial charge in [-0.25, -0.2) is 0 Å². The summed E-state index contributed by atoms with van der Waals surface area (Å²) in [5.74, 6) is 0.409. The number of nitrogens with one attached hydrogen (secondary N) is 2. The Morgan fingerprint density at radius 1 is 1.29 bits per heavy atom. The van der Waals surface area contributed by atoms with Crippen molar-refractivity contribution in [2.45, 2.75) is 26.2 Å². The van der Waals surface area contributed by atoms with Gasteiger partial charge in [0, 0.05) is 38.5 Å². The minimum Gasteiger partial charge on any atom is -0.356 e. The van der Waals surface area contributed by atoms with E-state index in [4.69, 9.17) is 0 Å². The third kappa shape index (κ3) is 4.34. The molecule has 2 amide bonds. The molecule has 0 bridgehead atoms. The van der Waals surface area contributed by atoms with Crippen LogP contribution in [-0.4, -0.2) is 49.9 Å². The Bertz CT molecular complexity index is 260. The van der Waals surface area contributed by atoms with Crippen LogP contribution in [0.4, 0.5) is 0 Å². The molecule has 1 heterocycles. The fourth-order valence-electron chi connectivity index (χ4n) is 2.10. The first-order valence-corrected chi connectivity index (χ1v) is 6.39. The first-order chi connectivity index (χ1) is 8.19. The fraction of sp³-hybridized carbons (Fsp3) is 0.833. The van der Waals surface area contributed by atoms with Gasteiger partial charge in [0.05, 0.1) is 0 Å². The topological polar surface area (TPSA) is 61.4 Å². The molecule has 1 saturated heterocycles. The summed E-state index contributed by atoms with van der Waals surface area (Å²) >= 11 is 0. The van der Waals surface area contributed by atoms with Crippen LogP contribution in [0.2, 0.25) is 0 Å². The first kappa shape index (κ1) is 14.0. The molecule has 1 rings (SSSR count). The van der Waals surface area contributed by atoms with E-state index in [0.717, 1.165) is 19.4 Å². The summed E-state index contributed by atoms with van der Waals surface area (Å²) in [6.45, 7) is 4.75. The molecule has 0 aromatic rings. The largest absolute Gasteiger partial charge is 0.356 e. The average molecular weight is 241 g/mol. The average Bonchev–Trinajstić information content (AvgIpc) is 2.36. The number of hydrogen-bond donors (Lipinski definition) is 2. The highest BCUT2D eigenvalue weighted by molar-refractivity contribution is 5.80. The normalized spacial score (nSPS) is 16.9. The highest BCUT2D eigenvalue weighted by Crippen LogP contribution is 2.17. The van der Waals surface area contributed by atoms with Gasteiger partial charge in [-0.05, 0) is 26.8 Å². The van der Waals surface area contributed by atoms with Crippen LogP contribution in [0.15, 0.2) is 0 Å². The SMILES string of the molecule is CCNC(=O)C1CCN(C(=O)CCNC)CC1. The van der Waals surface area contributed by atoms with E-state index >= 15 is 0 Å². The van der Waals surface area contributed by atoms with Gasteiger partial charge in [0.2, 0.25) is 11.8 Å². The van der Waals surface area contributed by atoms with Crippen molar-refractivity contribution < 1.29 is 9.59 Å². The molecule has 98 valence electrons. The Morgan fingerprint density at radius 2 is 1.94 bits per heavy atom. The van der Waals surface area contributed by atoms with Crippen molar-refractivity contribution in [2.24, 2.45) is 5.92 Å². The van der Waals surface area contributed by atoms with Gasteiger partial charge in [0.15, 0.2) is 0 Å². The van der Waals surface area contributed by atoms with Crippen LogP contribution < -0.4 is 10.6 Å². The Balaban J connectivity index is 2.30. The van der Waals surface area contributed by atoms with Gasteiger partial charge in [0.1, 0.15) is 0 Å². The summed E-state index contributed by atoms with van der Waals surface area (Å²) in [7, 11) is 1.84. The Kier molecular flexibility index (Phi) is 5.97. The lowest BCUT2D eigenvalue weighted by atomic mass is 9.95. The van der Waals surface area contributed by atoms with Gasteiger partial charge in [-0.15, -0.1) is 0 Å². The van der Waals surface area contributed by atoms with Crippen molar-refractivity contribution in [3.63, 3.8) is 0 Å². The number of amides is 2. The van der Waals surface area contributed by atoms with Crippen molar-refractivity contribution in [3.8, 4) is 0 Å². The second-order valence-corrected chi connectivity index (χ2v) is 4.40. The van der Waals surface area contributed by atoms with E-state index in [1.807, 2.05) is 18.9 Å². The molecular formula is C12H23N3O2. The van der Waals surface area contributed by atoms with E-state index in [0.29, 0.717) is 26.1 Å². The van der Waals surface area contributed by atoms with E-state index < -0.39 is 0 Å². The summed E-state index contributed by atoms with van der Waals surface area (Å²) < 4.78 is 0. The molecule has 1 fully saturated rings. The maximum Gasteiger partial charge on any atom is 0.223 e. The van der Waals surface area contributed by atoms with Gasteiger partial charge in [-0.1, -0.05) is 0 Å². The molecule has 5 nitrogen and oxygen atoms in total. The predicted octanol–water partition coefficient (Wildman–Crippen LogP) is -0.0294. The monoisotopic (exact) mass is 241 g/mol. The number of nitrogens with zero attached hydrogens (tertiary/aromatic N) is 1. The number of carbonyl (C=O) groups is 2. The van der Waals surface area contributed by atoms with Crippen LogP contribution in [0.1, 0.15) is 26.2 Å². The molecule has 0 spiro atoms. The summed E-state index contributed by atoms with van der Waals surface area (Å²) in [5.41, 5.74) is 0. The zero-order chi connectivity index (χ0) is 12.7. The van der Waals surface area contributed by atoms with Crippen molar-refractivity contribution in [3.05, 3.63) is 0 Å². The molecule has 0 aromatic heterocycles. The molecule has 1 aliphatic rings. The molecular weight excluding hydrogens is 218 g/mol. The summed E-state index contributed by atoms with van der Waals surface area (Å²) in [6, 6.07) is 0. The van der Waals surface area contributed by atoms with Crippen molar-refractivity contribution >= 4 is 11.8 Å². The van der Waals surface area contributed by atoms with Crippen LogP contribution in [-0.2, 0) is 9.59 Å². The first-order valence-electron chi connectivity index (χ1n) is 6.39. The molecule has 0 radical (unpaired) electrons. The zero-order valence-electron chi connectivity index (χ0n) is 10.8. The second kappa shape index (κ2) is 7.27. The smallest absolute Gasteiger partial charge is 0.223 e. The Labute approximate surface area is 103 Å². The van der Waals surface area contributed by atoms with E-state index in [9.17, 15) is 9.59 Å². The Hall–Kier alpha value is -1.10. The summed E-state index contributed by atoms with van der Waals surface area (Å²) in [4.78, 5) is 25.2. The molecule has 17 heavy (non-hydrogen) atoms. The second-order valence-electron chi connectivity index (χ2n) is 4.40. The zero-order valence-corrected chi connectivity index (χ0v) is 10.8. The highest BCUT2D eigenvalue weighted by atomic mass is 16.2. The van der Waals surface area contributed by atoms with Crippen LogP contribution in [0.3, 0.4) is 0 Å². The molecule has 0 saturated carbocycles. The van der Waals surface area contributed by atoms with Gasteiger partial charge >= 0.3 is 0 Å². The standard InChI is InChI=1S/C12H23N3O2/c1-3-14-12(17)10-5-8-15(9-6-10)11(16)4-7-13-2/h10,13H,3-9H2,1-2H3,(H,14,17). The molecule has 5 heteroatoms. The van der Waals surface area contributed by atoms with Crippen LogP contribution >= 0.6 is 0 Å². The van der Waals surface area contributed by atoms with E-state index in [1.54, 1.807) is 0 Å². The Morgan fingerprint density at radius 3 is 2.47 bits per heavy atom. The number of likely N-dealkylation sites (tertiary alicyclic amines) is 1. The van der Waals surface area contributed by atoms with E-state index in [-0.39, 0.29) is 17.7 Å². The molecule has 0 unspecified atom stereocenters. The van der Waals surface area contributed by atoms with Crippen molar-refractivity contribution in [1.29, 1.82) is 0 Å². The van der Waals surface area contributed by atoms with Crippen LogP contribution in [0.5, 0.6) is 0 Å². The molecule has 2 N–H and O–H groups in total. The minimum absolute atomic E-state index is 0.0864. The number of hydrogen-bond acceptors (Lipinski definition) is 3. The number of piperidine rings is 1. The lowest BCUT2D eigenvalue weighted by Gasteiger charge is -2.31. The molecule has 1 aliphatic heterocycles. The maximum atomic E-state index is 11.7. The molecule has 0 aromatic carbocycles. The number of rotatable bonds is 5. The van der Waals surface area contributed by atoms with Crippen molar-refractivity contribution in [2.75, 3.05) is 33.2 Å². The molecule has 0 atom stereocenters. The fourth-order valence-corrected chi connectivity index (χ4v) is 2.10. The predicted molar refractivity (Wildman–Crippen MR) is 66.5 cm³/mol. The maximum absolute atomic E-state index is 11.7. The van der Waals surface area contributed by atoms with Gasteiger partial charge in [-0.3, -0.25) is 9.59 Å². The third-order valence-corrected chi connectivity index (χ3v) is 3.16. The molecule has 0 aliphatic carbocycles. The summed E-state index contributed by atoms with van der Waals surface area (Å²) in [6.07, 6.45) is 2.12. The highest BCUT2D eigenvalue weighted by Gasteiger charge is 2.26. The van der Waals surface area contributed by atoms with Gasteiger partial charge < -0.3 is 15.5 Å². The van der Waals surface area contributed by atoms with Gasteiger partial charge in [0.25, 0.3) is 0 Å². The quantitative estimate of drug-likeness (QED) is 0.710. The van der Waals surface area contributed by atoms with E-state index in [1.165, 1.54) is 0 Å².